The summed E-state index contributed by atoms with van der Waals surface area (Å²) in [7, 11) is 3.31. The molecule has 0 N–H and O–H groups in total. The summed E-state index contributed by atoms with van der Waals surface area (Å²) in [5.41, 5.74) is 2.21. The van der Waals surface area contributed by atoms with Crippen LogP contribution in [0.5, 0.6) is 11.5 Å². The fraction of sp³-hybridized carbons (Fsp3) is 0.435. The molecule has 1 amide bonds. The van der Waals surface area contributed by atoms with Crippen molar-refractivity contribution in [2.75, 3.05) is 26.5 Å². The highest BCUT2D eigenvalue weighted by atomic mass is 32.2. The largest absolute Gasteiger partial charge is 0.497 e. The number of likely N-dealkylation sites (tertiary alicyclic amines) is 1. The first-order chi connectivity index (χ1) is 14.9. The zero-order valence-corrected chi connectivity index (χ0v) is 20.2. The lowest BCUT2D eigenvalue weighted by Gasteiger charge is -2.26. The van der Waals surface area contributed by atoms with Gasteiger partial charge in [0.05, 0.1) is 26.0 Å². The number of ether oxygens (including phenoxy) is 2. The number of fused-ring (bicyclic) bond motifs is 1. The number of hydrogen-bond acceptors (Lipinski definition) is 7. The summed E-state index contributed by atoms with van der Waals surface area (Å²) >= 11 is 3.20. The van der Waals surface area contributed by atoms with Gasteiger partial charge in [0.2, 0.25) is 5.91 Å². The molecule has 1 aliphatic rings. The number of aryl methyl sites for hydroxylation is 3. The number of thioether (sulfide) groups is 1. The van der Waals surface area contributed by atoms with E-state index in [0.29, 0.717) is 5.75 Å². The highest BCUT2D eigenvalue weighted by Gasteiger charge is 2.32. The quantitative estimate of drug-likeness (QED) is 0.379. The lowest BCUT2D eigenvalue weighted by molar-refractivity contribution is -0.129. The summed E-state index contributed by atoms with van der Waals surface area (Å²) in [5.74, 6) is 2.76. The molecule has 0 saturated carbocycles. The van der Waals surface area contributed by atoms with Crippen molar-refractivity contribution in [2.24, 2.45) is 0 Å². The van der Waals surface area contributed by atoms with Crippen LogP contribution in [-0.2, 0) is 4.79 Å². The number of hydrogen-bond donors (Lipinski definition) is 0. The zero-order chi connectivity index (χ0) is 22.1. The number of methoxy groups -OCH3 is 2. The maximum Gasteiger partial charge on any atom is 0.233 e. The molecule has 0 spiro atoms. The number of benzene rings is 1. The number of aromatic nitrogens is 2. The van der Waals surface area contributed by atoms with Crippen molar-refractivity contribution >= 4 is 39.2 Å². The van der Waals surface area contributed by atoms with Crippen LogP contribution in [0, 0.1) is 20.8 Å². The summed E-state index contributed by atoms with van der Waals surface area (Å²) < 4.78 is 11.0. The van der Waals surface area contributed by atoms with E-state index < -0.39 is 0 Å². The monoisotopic (exact) mass is 457 g/mol. The Morgan fingerprint density at radius 2 is 2.03 bits per heavy atom. The van der Waals surface area contributed by atoms with Gasteiger partial charge in [-0.1, -0.05) is 11.8 Å². The van der Waals surface area contributed by atoms with Crippen LogP contribution < -0.4 is 9.47 Å². The first-order valence-electron chi connectivity index (χ1n) is 10.3. The molecule has 31 heavy (non-hydrogen) atoms. The highest BCUT2D eigenvalue weighted by Crippen LogP contribution is 2.40. The Hall–Kier alpha value is -2.32. The van der Waals surface area contributed by atoms with Gasteiger partial charge < -0.3 is 14.4 Å². The molecule has 2 aromatic heterocycles. The van der Waals surface area contributed by atoms with Crippen LogP contribution in [0.1, 0.15) is 40.7 Å². The average Bonchev–Trinajstić information content (AvgIpc) is 3.36. The van der Waals surface area contributed by atoms with Gasteiger partial charge in [-0.25, -0.2) is 9.97 Å². The Kier molecular flexibility index (Phi) is 6.39. The van der Waals surface area contributed by atoms with Crippen LogP contribution in [0.4, 0.5) is 0 Å². The van der Waals surface area contributed by atoms with Gasteiger partial charge in [-0.3, -0.25) is 4.79 Å². The van der Waals surface area contributed by atoms with Crippen molar-refractivity contribution in [3.05, 3.63) is 40.0 Å². The van der Waals surface area contributed by atoms with E-state index in [9.17, 15) is 4.79 Å². The van der Waals surface area contributed by atoms with E-state index in [0.717, 1.165) is 57.5 Å². The van der Waals surface area contributed by atoms with Crippen molar-refractivity contribution < 1.29 is 14.3 Å². The number of nitrogens with zero attached hydrogens (tertiary/aromatic N) is 3. The Balaban J connectivity index is 1.56. The topological polar surface area (TPSA) is 64.6 Å². The second-order valence-corrected chi connectivity index (χ2v) is 9.85. The van der Waals surface area contributed by atoms with Gasteiger partial charge in [-0.2, -0.15) is 0 Å². The first-order valence-corrected chi connectivity index (χ1v) is 12.1. The van der Waals surface area contributed by atoms with Crippen LogP contribution >= 0.6 is 23.1 Å². The second-order valence-electron chi connectivity index (χ2n) is 7.68. The molecule has 1 aromatic carbocycles. The predicted molar refractivity (Wildman–Crippen MR) is 126 cm³/mol. The van der Waals surface area contributed by atoms with Gasteiger partial charge in [-0.15, -0.1) is 11.3 Å². The molecule has 4 rings (SSSR count). The van der Waals surface area contributed by atoms with E-state index in [2.05, 4.69) is 23.8 Å². The minimum atomic E-state index is -0.00423. The van der Waals surface area contributed by atoms with E-state index >= 15 is 0 Å². The third-order valence-electron chi connectivity index (χ3n) is 5.81. The van der Waals surface area contributed by atoms with Crippen molar-refractivity contribution in [2.45, 2.75) is 44.7 Å². The Morgan fingerprint density at radius 3 is 2.77 bits per heavy atom. The van der Waals surface area contributed by atoms with Crippen LogP contribution in [-0.4, -0.2) is 47.3 Å². The molecule has 0 unspecified atom stereocenters. The summed E-state index contributed by atoms with van der Waals surface area (Å²) in [5, 5.41) is 1.98. The zero-order valence-electron chi connectivity index (χ0n) is 18.5. The smallest absolute Gasteiger partial charge is 0.233 e. The normalized spacial score (nSPS) is 16.2. The van der Waals surface area contributed by atoms with Crippen molar-refractivity contribution in [3.8, 4) is 11.5 Å². The molecule has 0 aliphatic carbocycles. The van der Waals surface area contributed by atoms with Gasteiger partial charge in [0.25, 0.3) is 0 Å². The molecule has 0 bridgehead atoms. The molecule has 1 aliphatic heterocycles. The summed E-state index contributed by atoms with van der Waals surface area (Å²) in [6, 6.07) is 5.77. The molecule has 1 atom stereocenters. The van der Waals surface area contributed by atoms with Gasteiger partial charge in [0.1, 0.15) is 27.2 Å². The molecule has 1 fully saturated rings. The Morgan fingerprint density at radius 1 is 1.23 bits per heavy atom. The third-order valence-corrected chi connectivity index (χ3v) is 7.87. The van der Waals surface area contributed by atoms with Gasteiger partial charge in [0, 0.05) is 22.4 Å². The molecular weight excluding hydrogens is 430 g/mol. The van der Waals surface area contributed by atoms with E-state index in [1.807, 2.05) is 30.0 Å². The van der Waals surface area contributed by atoms with Crippen molar-refractivity contribution in [1.29, 1.82) is 0 Å². The maximum atomic E-state index is 13.3. The molecule has 164 valence electrons. The van der Waals surface area contributed by atoms with E-state index in [1.165, 1.54) is 22.2 Å². The number of amides is 1. The van der Waals surface area contributed by atoms with Crippen LogP contribution in [0.2, 0.25) is 0 Å². The maximum absolute atomic E-state index is 13.3. The van der Waals surface area contributed by atoms with Gasteiger partial charge >= 0.3 is 0 Å². The van der Waals surface area contributed by atoms with Crippen LogP contribution in [0.15, 0.2) is 23.2 Å². The van der Waals surface area contributed by atoms with Gasteiger partial charge in [0.15, 0.2) is 0 Å². The minimum Gasteiger partial charge on any atom is -0.497 e. The molecule has 8 heteroatoms. The number of rotatable bonds is 6. The Bertz CT molecular complexity index is 1130. The van der Waals surface area contributed by atoms with E-state index in [4.69, 9.17) is 9.47 Å². The average molecular weight is 458 g/mol. The lowest BCUT2D eigenvalue weighted by atomic mass is 10.0. The lowest BCUT2D eigenvalue weighted by Crippen LogP contribution is -2.32. The molecular formula is C23H27N3O3S2. The van der Waals surface area contributed by atoms with Crippen LogP contribution in [0.25, 0.3) is 10.2 Å². The molecule has 3 heterocycles. The highest BCUT2D eigenvalue weighted by molar-refractivity contribution is 8.00. The Labute approximate surface area is 191 Å². The second kappa shape index (κ2) is 9.04. The minimum absolute atomic E-state index is 0.00423. The summed E-state index contributed by atoms with van der Waals surface area (Å²) in [4.78, 5) is 26.7. The number of thiophene rings is 1. The summed E-state index contributed by atoms with van der Waals surface area (Å²) in [6.07, 6.45) is 1.89. The fourth-order valence-corrected chi connectivity index (χ4v) is 6.28. The molecule has 3 aromatic rings. The number of carbonyl (C=O) groups is 1. The third kappa shape index (κ3) is 4.23. The first kappa shape index (κ1) is 21.9. The van der Waals surface area contributed by atoms with E-state index in [-0.39, 0.29) is 11.9 Å². The van der Waals surface area contributed by atoms with Crippen molar-refractivity contribution in [1.82, 2.24) is 14.9 Å². The standard InChI is InChI=1S/C23H27N3O3S2/c1-13-14(2)31-23-21(13)22(24-15(3)25-23)30-12-20(27)26-10-6-7-18(26)17-11-16(28-4)8-9-19(17)29-5/h8-9,11,18H,6-7,10,12H2,1-5H3/t18-/m0/s1. The van der Waals surface area contributed by atoms with Crippen LogP contribution in [0.3, 0.4) is 0 Å². The summed E-state index contributed by atoms with van der Waals surface area (Å²) in [6.45, 7) is 6.86. The van der Waals surface area contributed by atoms with Crippen molar-refractivity contribution in [3.63, 3.8) is 0 Å². The van der Waals surface area contributed by atoms with Gasteiger partial charge in [-0.05, 0) is 57.4 Å². The fourth-order valence-electron chi connectivity index (χ4n) is 4.12. The predicted octanol–water partition coefficient (Wildman–Crippen LogP) is 5.09. The SMILES string of the molecule is COc1ccc(OC)c([C@@H]2CCCN2C(=O)CSc2nc(C)nc3sc(C)c(C)c23)c1. The number of carbonyl (C=O) groups excluding carboxylic acids is 1. The van der Waals surface area contributed by atoms with E-state index in [1.54, 1.807) is 25.6 Å². The molecule has 0 radical (unpaired) electrons. The molecule has 1 saturated heterocycles. The molecule has 6 nitrogen and oxygen atoms in total.